The molecule has 0 amide bonds. The van der Waals surface area contributed by atoms with Crippen molar-refractivity contribution in [1.82, 2.24) is 0 Å². The number of ether oxygens (including phenoxy) is 2. The van der Waals surface area contributed by atoms with E-state index in [0.29, 0.717) is 23.5 Å². The summed E-state index contributed by atoms with van der Waals surface area (Å²) in [5.41, 5.74) is 0.565. The van der Waals surface area contributed by atoms with Gasteiger partial charge in [-0.2, -0.15) is 5.26 Å². The molecule has 4 nitrogen and oxygen atoms in total. The fraction of sp³-hybridized carbons (Fsp3) is 0.467. The van der Waals surface area contributed by atoms with Crippen LogP contribution in [0.1, 0.15) is 31.7 Å². The van der Waals surface area contributed by atoms with Crippen molar-refractivity contribution in [2.45, 2.75) is 26.2 Å². The predicted molar refractivity (Wildman–Crippen MR) is 72.4 cm³/mol. The fourth-order valence-electron chi connectivity index (χ4n) is 1.90. The first-order valence-corrected chi connectivity index (χ1v) is 6.17. The van der Waals surface area contributed by atoms with Gasteiger partial charge in [-0.1, -0.05) is 13.8 Å². The molecule has 1 aromatic carbocycles. The predicted octanol–water partition coefficient (Wildman–Crippen LogP) is 2.93. The summed E-state index contributed by atoms with van der Waals surface area (Å²) >= 11 is 0. The van der Waals surface area contributed by atoms with E-state index in [1.165, 1.54) is 7.11 Å². The molecule has 1 aromatic rings. The van der Waals surface area contributed by atoms with Crippen LogP contribution in [-0.2, 0) is 4.79 Å². The van der Waals surface area contributed by atoms with Crippen LogP contribution in [0, 0.1) is 17.2 Å². The average molecular weight is 261 g/mol. The Morgan fingerprint density at radius 1 is 1.32 bits per heavy atom. The van der Waals surface area contributed by atoms with Crippen LogP contribution in [0.5, 0.6) is 11.5 Å². The summed E-state index contributed by atoms with van der Waals surface area (Å²) in [5, 5.41) is 9.28. The van der Waals surface area contributed by atoms with E-state index in [1.54, 1.807) is 25.3 Å². The molecular formula is C15H19NO3. The molecule has 19 heavy (non-hydrogen) atoms. The molecule has 0 spiro atoms. The van der Waals surface area contributed by atoms with E-state index in [9.17, 15) is 10.1 Å². The highest BCUT2D eigenvalue weighted by molar-refractivity contribution is 5.89. The van der Waals surface area contributed by atoms with Crippen LogP contribution < -0.4 is 9.47 Å². The van der Waals surface area contributed by atoms with E-state index in [1.807, 2.05) is 13.8 Å². The summed E-state index contributed by atoms with van der Waals surface area (Å²) in [7, 11) is 3.07. The second kappa shape index (κ2) is 6.79. The maximum Gasteiger partial charge on any atom is 0.154 e. The van der Waals surface area contributed by atoms with Crippen LogP contribution in [0.25, 0.3) is 0 Å². The molecule has 0 saturated carbocycles. The SMILES string of the molecule is COc1ccc(OC)c(C(C#N)C(=O)CC(C)C)c1. The van der Waals surface area contributed by atoms with E-state index < -0.39 is 5.92 Å². The van der Waals surface area contributed by atoms with Crippen molar-refractivity contribution in [2.24, 2.45) is 5.92 Å². The lowest BCUT2D eigenvalue weighted by Crippen LogP contribution is -2.14. The van der Waals surface area contributed by atoms with Gasteiger partial charge < -0.3 is 9.47 Å². The molecule has 0 aliphatic heterocycles. The highest BCUT2D eigenvalue weighted by atomic mass is 16.5. The smallest absolute Gasteiger partial charge is 0.154 e. The lowest BCUT2D eigenvalue weighted by atomic mass is 9.90. The maximum atomic E-state index is 12.1. The lowest BCUT2D eigenvalue weighted by Gasteiger charge is -2.15. The monoisotopic (exact) mass is 261 g/mol. The number of carbonyl (C=O) groups excluding carboxylic acids is 1. The van der Waals surface area contributed by atoms with Crippen molar-refractivity contribution in [1.29, 1.82) is 5.26 Å². The molecule has 0 radical (unpaired) electrons. The Labute approximate surface area is 113 Å². The van der Waals surface area contributed by atoms with Gasteiger partial charge in [-0.05, 0) is 24.1 Å². The first-order valence-electron chi connectivity index (χ1n) is 6.17. The summed E-state index contributed by atoms with van der Waals surface area (Å²) in [4.78, 5) is 12.1. The van der Waals surface area contributed by atoms with Gasteiger partial charge in [0, 0.05) is 12.0 Å². The number of rotatable bonds is 6. The standard InChI is InChI=1S/C15H19NO3/c1-10(2)7-14(17)13(9-16)12-8-11(18-3)5-6-15(12)19-4/h5-6,8,10,13H,7H2,1-4H3. The maximum absolute atomic E-state index is 12.1. The van der Waals surface area contributed by atoms with E-state index in [4.69, 9.17) is 9.47 Å². The Morgan fingerprint density at radius 3 is 2.47 bits per heavy atom. The zero-order valence-electron chi connectivity index (χ0n) is 11.8. The summed E-state index contributed by atoms with van der Waals surface area (Å²) in [6, 6.07) is 7.20. The lowest BCUT2D eigenvalue weighted by molar-refractivity contribution is -0.120. The highest BCUT2D eigenvalue weighted by Crippen LogP contribution is 2.32. The molecule has 0 aromatic heterocycles. The van der Waals surface area contributed by atoms with Gasteiger partial charge in [0.15, 0.2) is 5.78 Å². The van der Waals surface area contributed by atoms with Crippen molar-refractivity contribution in [2.75, 3.05) is 14.2 Å². The normalized spacial score (nSPS) is 11.8. The quantitative estimate of drug-likeness (QED) is 0.790. The minimum absolute atomic E-state index is 0.0935. The van der Waals surface area contributed by atoms with Gasteiger partial charge >= 0.3 is 0 Å². The highest BCUT2D eigenvalue weighted by Gasteiger charge is 2.24. The van der Waals surface area contributed by atoms with Gasteiger partial charge in [0.05, 0.1) is 20.3 Å². The molecule has 0 N–H and O–H groups in total. The largest absolute Gasteiger partial charge is 0.497 e. The van der Waals surface area contributed by atoms with Gasteiger partial charge in [0.2, 0.25) is 0 Å². The number of nitriles is 1. The number of nitrogens with zero attached hydrogens (tertiary/aromatic N) is 1. The molecule has 0 saturated heterocycles. The van der Waals surface area contributed by atoms with Crippen LogP contribution >= 0.6 is 0 Å². The number of hydrogen-bond acceptors (Lipinski definition) is 4. The number of carbonyl (C=O) groups is 1. The molecule has 0 bridgehead atoms. The molecule has 1 unspecified atom stereocenters. The first kappa shape index (κ1) is 15.0. The molecule has 1 rings (SSSR count). The number of benzene rings is 1. The van der Waals surface area contributed by atoms with Gasteiger partial charge in [0.25, 0.3) is 0 Å². The molecule has 0 fully saturated rings. The Kier molecular flexibility index (Phi) is 5.37. The minimum atomic E-state index is -0.813. The average Bonchev–Trinajstić information content (AvgIpc) is 2.38. The van der Waals surface area contributed by atoms with Crippen molar-refractivity contribution in [3.63, 3.8) is 0 Å². The summed E-state index contributed by atoms with van der Waals surface area (Å²) in [5.74, 6) is 0.453. The Balaban J connectivity index is 3.16. The molecule has 1 atom stereocenters. The van der Waals surface area contributed by atoms with Gasteiger partial charge in [0.1, 0.15) is 17.4 Å². The van der Waals surface area contributed by atoms with E-state index in [0.717, 1.165) is 0 Å². The van der Waals surface area contributed by atoms with Crippen molar-refractivity contribution in [3.05, 3.63) is 23.8 Å². The van der Waals surface area contributed by atoms with Crippen LogP contribution in [0.2, 0.25) is 0 Å². The third-order valence-electron chi connectivity index (χ3n) is 2.81. The Morgan fingerprint density at radius 2 is 2.00 bits per heavy atom. The van der Waals surface area contributed by atoms with E-state index in [2.05, 4.69) is 6.07 Å². The van der Waals surface area contributed by atoms with Crippen molar-refractivity contribution in [3.8, 4) is 17.6 Å². The van der Waals surface area contributed by atoms with Gasteiger partial charge in [-0.3, -0.25) is 4.79 Å². The molecule has 0 aliphatic rings. The van der Waals surface area contributed by atoms with E-state index >= 15 is 0 Å². The molecule has 4 heteroatoms. The summed E-state index contributed by atoms with van der Waals surface area (Å²) in [6.45, 7) is 3.91. The van der Waals surface area contributed by atoms with Crippen LogP contribution in [0.3, 0.4) is 0 Å². The third-order valence-corrected chi connectivity index (χ3v) is 2.81. The number of ketones is 1. The third kappa shape index (κ3) is 3.72. The minimum Gasteiger partial charge on any atom is -0.497 e. The van der Waals surface area contributed by atoms with Crippen LogP contribution in [0.15, 0.2) is 18.2 Å². The molecule has 0 aliphatic carbocycles. The first-order chi connectivity index (χ1) is 9.03. The topological polar surface area (TPSA) is 59.3 Å². The van der Waals surface area contributed by atoms with Gasteiger partial charge in [-0.15, -0.1) is 0 Å². The number of Topliss-reactive ketones (excluding diaryl/α,β-unsaturated/α-hetero) is 1. The van der Waals surface area contributed by atoms with Crippen LogP contribution in [0.4, 0.5) is 0 Å². The summed E-state index contributed by atoms with van der Waals surface area (Å²) in [6.07, 6.45) is 0.374. The van der Waals surface area contributed by atoms with E-state index in [-0.39, 0.29) is 11.7 Å². The molecule has 102 valence electrons. The second-order valence-electron chi connectivity index (χ2n) is 4.73. The number of hydrogen-bond donors (Lipinski definition) is 0. The zero-order chi connectivity index (χ0) is 14.4. The number of methoxy groups -OCH3 is 2. The Bertz CT molecular complexity index is 489. The van der Waals surface area contributed by atoms with Crippen molar-refractivity contribution >= 4 is 5.78 Å². The van der Waals surface area contributed by atoms with Crippen LogP contribution in [-0.4, -0.2) is 20.0 Å². The van der Waals surface area contributed by atoms with Gasteiger partial charge in [-0.25, -0.2) is 0 Å². The molecular weight excluding hydrogens is 242 g/mol. The second-order valence-corrected chi connectivity index (χ2v) is 4.73. The Hall–Kier alpha value is -2.02. The summed E-state index contributed by atoms with van der Waals surface area (Å²) < 4.78 is 10.4. The zero-order valence-corrected chi connectivity index (χ0v) is 11.8. The van der Waals surface area contributed by atoms with Crippen molar-refractivity contribution < 1.29 is 14.3 Å². The molecule has 0 heterocycles. The fourth-order valence-corrected chi connectivity index (χ4v) is 1.90.